The maximum atomic E-state index is 5.84. The minimum Gasteiger partial charge on any atom is -0.490 e. The first kappa shape index (κ1) is 18.0. The van der Waals surface area contributed by atoms with Crippen molar-refractivity contribution in [1.29, 1.82) is 0 Å². The number of rotatable bonds is 7. The number of nitrogens with zero attached hydrogens (tertiary/aromatic N) is 2. The summed E-state index contributed by atoms with van der Waals surface area (Å²) < 4.78 is 9.50. The molecule has 2 fully saturated rings. The van der Waals surface area contributed by atoms with E-state index < -0.39 is 0 Å². The van der Waals surface area contributed by atoms with Crippen molar-refractivity contribution in [3.05, 3.63) is 66.4 Å². The van der Waals surface area contributed by atoms with Crippen molar-refractivity contribution < 1.29 is 4.74 Å². The summed E-state index contributed by atoms with van der Waals surface area (Å²) in [5, 5.41) is 1.19. The van der Waals surface area contributed by atoms with Crippen LogP contribution in [0.25, 0.3) is 10.9 Å². The van der Waals surface area contributed by atoms with Crippen LogP contribution in [0.5, 0.6) is 5.75 Å². The highest BCUT2D eigenvalue weighted by Gasteiger charge is 2.24. The predicted molar refractivity (Wildman–Crippen MR) is 115 cm³/mol. The van der Waals surface area contributed by atoms with E-state index in [1.807, 2.05) is 12.3 Å². The summed E-state index contributed by atoms with van der Waals surface area (Å²) in [4.78, 5) is 8.27. The Kier molecular flexibility index (Phi) is 5.21. The van der Waals surface area contributed by atoms with Gasteiger partial charge in [0.15, 0.2) is 0 Å². The first-order chi connectivity index (χ1) is 13.8. The van der Waals surface area contributed by atoms with Gasteiger partial charge in [-0.25, -0.2) is 0 Å². The Balaban J connectivity index is 1.14. The Morgan fingerprint density at radius 2 is 1.89 bits per heavy atom. The lowest BCUT2D eigenvalue weighted by molar-refractivity contribution is 0.302. The number of aromatic nitrogens is 1. The molecule has 0 bridgehead atoms. The SMILES string of the molecule is c1cnc2c(SNC3CCN(Cc4ccc(OC5CC5)cc4)C3)cccc2c1. The van der Waals surface area contributed by atoms with E-state index in [0.29, 0.717) is 12.1 Å². The van der Waals surface area contributed by atoms with Gasteiger partial charge in [0.25, 0.3) is 0 Å². The molecule has 0 radical (unpaired) electrons. The van der Waals surface area contributed by atoms with E-state index in [1.165, 1.54) is 35.1 Å². The summed E-state index contributed by atoms with van der Waals surface area (Å²) in [6.45, 7) is 3.21. The molecule has 1 N–H and O–H groups in total. The van der Waals surface area contributed by atoms with Gasteiger partial charge >= 0.3 is 0 Å². The van der Waals surface area contributed by atoms with Gasteiger partial charge in [0.2, 0.25) is 0 Å². The average Bonchev–Trinajstić information content (AvgIpc) is 3.44. The fraction of sp³-hybridized carbons (Fsp3) is 0.348. The van der Waals surface area contributed by atoms with Gasteiger partial charge in [-0.15, -0.1) is 0 Å². The molecule has 3 aromatic rings. The second kappa shape index (κ2) is 8.11. The Morgan fingerprint density at radius 1 is 1.04 bits per heavy atom. The van der Waals surface area contributed by atoms with Crippen LogP contribution in [0, 0.1) is 0 Å². The number of para-hydroxylation sites is 1. The van der Waals surface area contributed by atoms with Gasteiger partial charge in [-0.1, -0.05) is 30.3 Å². The zero-order chi connectivity index (χ0) is 18.8. The molecule has 1 saturated heterocycles. The van der Waals surface area contributed by atoms with E-state index in [1.54, 1.807) is 11.9 Å². The molecule has 4 nitrogen and oxygen atoms in total. The standard InChI is InChI=1S/C23H25N3OS/c1-3-18-4-2-13-24-23(18)22(5-1)28-25-19-12-14-26(16-19)15-17-6-8-20(9-7-17)27-21-10-11-21/h1-9,13,19,21,25H,10-12,14-16H2. The van der Waals surface area contributed by atoms with Gasteiger partial charge in [-0.2, -0.15) is 0 Å². The highest BCUT2D eigenvalue weighted by Crippen LogP contribution is 2.28. The summed E-state index contributed by atoms with van der Waals surface area (Å²) in [6.07, 6.45) is 5.91. The molecule has 1 saturated carbocycles. The Morgan fingerprint density at radius 3 is 2.75 bits per heavy atom. The molecule has 2 heterocycles. The van der Waals surface area contributed by atoms with Crippen molar-refractivity contribution in [3.63, 3.8) is 0 Å². The van der Waals surface area contributed by atoms with Gasteiger partial charge < -0.3 is 4.74 Å². The highest BCUT2D eigenvalue weighted by molar-refractivity contribution is 7.97. The van der Waals surface area contributed by atoms with Gasteiger partial charge in [-0.05, 0) is 61.0 Å². The minimum absolute atomic E-state index is 0.464. The third-order valence-electron chi connectivity index (χ3n) is 5.36. The number of pyridine rings is 1. The molecule has 2 aromatic carbocycles. The van der Waals surface area contributed by atoms with Gasteiger partial charge in [0.1, 0.15) is 5.75 Å². The van der Waals surface area contributed by atoms with E-state index in [2.05, 4.69) is 63.1 Å². The third kappa shape index (κ3) is 4.32. The second-order valence-electron chi connectivity index (χ2n) is 7.73. The van der Waals surface area contributed by atoms with Crippen molar-refractivity contribution in [2.24, 2.45) is 0 Å². The lowest BCUT2D eigenvalue weighted by Crippen LogP contribution is -2.28. The molecule has 1 unspecified atom stereocenters. The fourth-order valence-corrected chi connectivity index (χ4v) is 4.59. The van der Waals surface area contributed by atoms with Crippen molar-refractivity contribution >= 4 is 22.9 Å². The van der Waals surface area contributed by atoms with Crippen LogP contribution < -0.4 is 9.46 Å². The summed E-state index contributed by atoms with van der Waals surface area (Å²) >= 11 is 1.71. The van der Waals surface area contributed by atoms with Gasteiger partial charge in [0.05, 0.1) is 11.6 Å². The van der Waals surface area contributed by atoms with Crippen LogP contribution in [-0.4, -0.2) is 35.1 Å². The van der Waals surface area contributed by atoms with E-state index in [9.17, 15) is 0 Å². The molecule has 1 aliphatic heterocycles. The molecule has 0 amide bonds. The Labute approximate surface area is 170 Å². The molecule has 2 aliphatic rings. The monoisotopic (exact) mass is 391 g/mol. The molecule has 1 aromatic heterocycles. The number of ether oxygens (including phenoxy) is 1. The largest absolute Gasteiger partial charge is 0.490 e. The van der Waals surface area contributed by atoms with Crippen molar-refractivity contribution in [2.45, 2.75) is 42.8 Å². The summed E-state index contributed by atoms with van der Waals surface area (Å²) in [5.74, 6) is 1.01. The molecular weight excluding hydrogens is 366 g/mol. The second-order valence-corrected chi connectivity index (χ2v) is 8.61. The van der Waals surface area contributed by atoms with Crippen molar-refractivity contribution in [3.8, 4) is 5.75 Å². The number of fused-ring (bicyclic) bond motifs is 1. The van der Waals surface area contributed by atoms with Crippen LogP contribution in [0.4, 0.5) is 0 Å². The topological polar surface area (TPSA) is 37.4 Å². The smallest absolute Gasteiger partial charge is 0.119 e. The van der Waals surface area contributed by atoms with Crippen LogP contribution in [0.1, 0.15) is 24.8 Å². The molecular formula is C23H25N3OS. The quantitative estimate of drug-likeness (QED) is 0.594. The minimum atomic E-state index is 0.464. The molecule has 1 aliphatic carbocycles. The predicted octanol–water partition coefficient (Wildman–Crippen LogP) is 4.65. The lowest BCUT2D eigenvalue weighted by atomic mass is 10.2. The van der Waals surface area contributed by atoms with Crippen LogP contribution in [0.15, 0.2) is 65.7 Å². The van der Waals surface area contributed by atoms with E-state index in [-0.39, 0.29) is 0 Å². The average molecular weight is 392 g/mol. The number of hydrogen-bond acceptors (Lipinski definition) is 5. The first-order valence-corrected chi connectivity index (χ1v) is 10.9. The van der Waals surface area contributed by atoms with Crippen LogP contribution in [0.2, 0.25) is 0 Å². The molecule has 5 heteroatoms. The van der Waals surface area contributed by atoms with Gasteiger partial charge in [-0.3, -0.25) is 14.6 Å². The molecule has 5 rings (SSSR count). The number of likely N-dealkylation sites (tertiary alicyclic amines) is 1. The zero-order valence-corrected chi connectivity index (χ0v) is 16.7. The normalized spacial score (nSPS) is 19.9. The molecule has 28 heavy (non-hydrogen) atoms. The Hall–Kier alpha value is -2.08. The zero-order valence-electron chi connectivity index (χ0n) is 15.9. The lowest BCUT2D eigenvalue weighted by Gasteiger charge is -2.17. The summed E-state index contributed by atoms with van der Waals surface area (Å²) in [6, 6.07) is 19.6. The maximum Gasteiger partial charge on any atom is 0.119 e. The number of nitrogens with one attached hydrogen (secondary N) is 1. The first-order valence-electron chi connectivity index (χ1n) is 10.1. The number of hydrogen-bond donors (Lipinski definition) is 1. The van der Waals surface area contributed by atoms with Gasteiger partial charge in [0, 0.05) is 42.2 Å². The fourth-order valence-electron chi connectivity index (χ4n) is 3.69. The summed E-state index contributed by atoms with van der Waals surface area (Å²) in [7, 11) is 0. The molecule has 1 atom stereocenters. The van der Waals surface area contributed by atoms with Crippen molar-refractivity contribution in [2.75, 3.05) is 13.1 Å². The summed E-state index contributed by atoms with van der Waals surface area (Å²) in [5.41, 5.74) is 2.43. The van der Waals surface area contributed by atoms with Crippen molar-refractivity contribution in [1.82, 2.24) is 14.6 Å². The van der Waals surface area contributed by atoms with E-state index in [4.69, 9.17) is 4.74 Å². The molecule has 144 valence electrons. The van der Waals surface area contributed by atoms with Crippen LogP contribution in [-0.2, 0) is 6.54 Å². The third-order valence-corrected chi connectivity index (χ3v) is 6.36. The maximum absolute atomic E-state index is 5.84. The number of benzene rings is 2. The van der Waals surface area contributed by atoms with E-state index in [0.717, 1.165) is 30.9 Å². The van der Waals surface area contributed by atoms with Crippen LogP contribution >= 0.6 is 11.9 Å². The highest BCUT2D eigenvalue weighted by atomic mass is 32.2. The van der Waals surface area contributed by atoms with Crippen LogP contribution in [0.3, 0.4) is 0 Å². The van der Waals surface area contributed by atoms with E-state index >= 15 is 0 Å². The Bertz CT molecular complexity index is 937. The molecule has 0 spiro atoms.